The van der Waals surface area contributed by atoms with Gasteiger partial charge < -0.3 is 10.2 Å². The van der Waals surface area contributed by atoms with Crippen molar-refractivity contribution in [2.24, 2.45) is 0 Å². The first-order chi connectivity index (χ1) is 8.72. The Hall–Kier alpha value is -1.77. The standard InChI is InChI=1S/C15H19NO2/c1-2-3-4-5-7-11-10-14(17)18-15-12(11)8-6-9-13(15)16/h6,8-10H,2-5,7,16H2,1H3. The molecular formula is C15H19NO2. The van der Waals surface area contributed by atoms with Crippen LogP contribution in [0.25, 0.3) is 11.0 Å². The minimum atomic E-state index is -0.314. The molecule has 2 N–H and O–H groups in total. The normalized spacial score (nSPS) is 10.9. The second-order valence-electron chi connectivity index (χ2n) is 4.63. The molecule has 1 aromatic carbocycles. The Bertz CT molecular complexity index is 587. The zero-order chi connectivity index (χ0) is 13.0. The molecule has 1 aromatic heterocycles. The quantitative estimate of drug-likeness (QED) is 0.498. The number of hydrogen-bond acceptors (Lipinski definition) is 3. The molecule has 0 aliphatic carbocycles. The molecule has 96 valence electrons. The van der Waals surface area contributed by atoms with Gasteiger partial charge in [0.15, 0.2) is 5.58 Å². The van der Waals surface area contributed by atoms with Gasteiger partial charge >= 0.3 is 5.63 Å². The van der Waals surface area contributed by atoms with E-state index in [4.69, 9.17) is 10.2 Å². The Kier molecular flexibility index (Phi) is 4.03. The summed E-state index contributed by atoms with van der Waals surface area (Å²) >= 11 is 0. The van der Waals surface area contributed by atoms with Gasteiger partial charge in [-0.1, -0.05) is 38.3 Å². The molecule has 0 amide bonds. The zero-order valence-electron chi connectivity index (χ0n) is 10.7. The van der Waals surface area contributed by atoms with Crippen LogP contribution in [0.15, 0.2) is 33.5 Å². The summed E-state index contributed by atoms with van der Waals surface area (Å²) in [4.78, 5) is 11.5. The van der Waals surface area contributed by atoms with Gasteiger partial charge in [-0.25, -0.2) is 4.79 Å². The van der Waals surface area contributed by atoms with Crippen LogP contribution < -0.4 is 11.4 Å². The van der Waals surface area contributed by atoms with Gasteiger partial charge in [0.1, 0.15) is 0 Å². The molecule has 1 heterocycles. The smallest absolute Gasteiger partial charge is 0.336 e. The fraction of sp³-hybridized carbons (Fsp3) is 0.400. The van der Waals surface area contributed by atoms with Crippen molar-refractivity contribution in [1.29, 1.82) is 0 Å². The predicted octanol–water partition coefficient (Wildman–Crippen LogP) is 3.50. The average molecular weight is 245 g/mol. The highest BCUT2D eigenvalue weighted by molar-refractivity contribution is 5.89. The summed E-state index contributed by atoms with van der Waals surface area (Å²) in [5, 5.41) is 0.964. The Labute approximate surface area is 107 Å². The third-order valence-electron chi connectivity index (χ3n) is 3.19. The molecule has 0 unspecified atom stereocenters. The van der Waals surface area contributed by atoms with E-state index in [1.165, 1.54) is 19.3 Å². The largest absolute Gasteiger partial charge is 0.420 e. The molecule has 0 aliphatic heterocycles. The van der Waals surface area contributed by atoms with E-state index in [1.54, 1.807) is 12.1 Å². The van der Waals surface area contributed by atoms with Gasteiger partial charge in [0.25, 0.3) is 0 Å². The summed E-state index contributed by atoms with van der Waals surface area (Å²) in [7, 11) is 0. The summed E-state index contributed by atoms with van der Waals surface area (Å²) in [5.41, 5.74) is 7.62. The summed E-state index contributed by atoms with van der Waals surface area (Å²) in [6.45, 7) is 2.19. The molecule has 2 rings (SSSR count). The van der Waals surface area contributed by atoms with Gasteiger partial charge in [-0.05, 0) is 24.5 Å². The van der Waals surface area contributed by atoms with Crippen LogP contribution in [0.3, 0.4) is 0 Å². The van der Waals surface area contributed by atoms with Crippen molar-refractivity contribution in [3.63, 3.8) is 0 Å². The third kappa shape index (κ3) is 2.73. The Morgan fingerprint density at radius 3 is 2.83 bits per heavy atom. The van der Waals surface area contributed by atoms with E-state index in [0.29, 0.717) is 11.3 Å². The monoisotopic (exact) mass is 245 g/mol. The van der Waals surface area contributed by atoms with Crippen LogP contribution in [0.2, 0.25) is 0 Å². The minimum Gasteiger partial charge on any atom is -0.420 e. The van der Waals surface area contributed by atoms with Gasteiger partial charge in [0, 0.05) is 11.5 Å². The van der Waals surface area contributed by atoms with E-state index < -0.39 is 0 Å². The van der Waals surface area contributed by atoms with Crippen LogP contribution in [0.5, 0.6) is 0 Å². The van der Waals surface area contributed by atoms with Crippen LogP contribution in [0, 0.1) is 0 Å². The molecule has 0 saturated carbocycles. The maximum Gasteiger partial charge on any atom is 0.336 e. The molecule has 0 saturated heterocycles. The fourth-order valence-electron chi connectivity index (χ4n) is 2.22. The van der Waals surface area contributed by atoms with E-state index >= 15 is 0 Å². The maximum absolute atomic E-state index is 11.5. The van der Waals surface area contributed by atoms with Gasteiger partial charge in [0.05, 0.1) is 5.69 Å². The highest BCUT2D eigenvalue weighted by Gasteiger charge is 2.07. The lowest BCUT2D eigenvalue weighted by Crippen LogP contribution is -2.02. The van der Waals surface area contributed by atoms with Crippen molar-refractivity contribution in [2.75, 3.05) is 5.73 Å². The SMILES string of the molecule is CCCCCCc1cc(=O)oc2c(N)cccc12. The van der Waals surface area contributed by atoms with Crippen molar-refractivity contribution in [3.05, 3.63) is 40.2 Å². The van der Waals surface area contributed by atoms with Gasteiger partial charge in [-0.3, -0.25) is 0 Å². The zero-order valence-corrected chi connectivity index (χ0v) is 10.7. The number of nitrogen functional groups attached to an aromatic ring is 1. The Morgan fingerprint density at radius 2 is 2.06 bits per heavy atom. The molecule has 0 spiro atoms. The molecule has 2 aromatic rings. The van der Waals surface area contributed by atoms with Gasteiger partial charge in [-0.15, -0.1) is 0 Å². The van der Waals surface area contributed by atoms with Gasteiger partial charge in [0.2, 0.25) is 0 Å². The molecular weight excluding hydrogens is 226 g/mol. The molecule has 0 aliphatic rings. The van der Waals surface area contributed by atoms with E-state index in [2.05, 4.69) is 6.92 Å². The highest BCUT2D eigenvalue weighted by atomic mass is 16.4. The third-order valence-corrected chi connectivity index (χ3v) is 3.19. The summed E-state index contributed by atoms with van der Waals surface area (Å²) in [6.07, 6.45) is 5.65. The molecule has 0 atom stereocenters. The number of hydrogen-bond donors (Lipinski definition) is 1. The van der Waals surface area contributed by atoms with Crippen molar-refractivity contribution in [2.45, 2.75) is 39.0 Å². The van der Waals surface area contributed by atoms with Crippen LogP contribution >= 0.6 is 0 Å². The molecule has 0 radical (unpaired) electrons. The lowest BCUT2D eigenvalue weighted by Gasteiger charge is -2.06. The predicted molar refractivity (Wildman–Crippen MR) is 74.7 cm³/mol. The number of aryl methyl sites for hydroxylation is 1. The Balaban J connectivity index is 2.32. The first-order valence-corrected chi connectivity index (χ1v) is 6.53. The van der Waals surface area contributed by atoms with E-state index in [0.717, 1.165) is 23.8 Å². The number of rotatable bonds is 5. The maximum atomic E-state index is 11.5. The number of benzene rings is 1. The number of anilines is 1. The van der Waals surface area contributed by atoms with Crippen molar-refractivity contribution < 1.29 is 4.42 Å². The van der Waals surface area contributed by atoms with Gasteiger partial charge in [-0.2, -0.15) is 0 Å². The second kappa shape index (κ2) is 5.71. The van der Waals surface area contributed by atoms with Crippen molar-refractivity contribution in [3.8, 4) is 0 Å². The number of para-hydroxylation sites is 1. The van der Waals surface area contributed by atoms with Crippen molar-refractivity contribution in [1.82, 2.24) is 0 Å². The van der Waals surface area contributed by atoms with Crippen LogP contribution in [0.4, 0.5) is 5.69 Å². The van der Waals surface area contributed by atoms with Crippen molar-refractivity contribution >= 4 is 16.7 Å². The molecule has 18 heavy (non-hydrogen) atoms. The minimum absolute atomic E-state index is 0.314. The number of unbranched alkanes of at least 4 members (excludes halogenated alkanes) is 3. The highest BCUT2D eigenvalue weighted by Crippen LogP contribution is 2.23. The summed E-state index contributed by atoms with van der Waals surface area (Å²) < 4.78 is 5.18. The lowest BCUT2D eigenvalue weighted by molar-refractivity contribution is 0.558. The second-order valence-corrected chi connectivity index (χ2v) is 4.63. The van der Waals surface area contributed by atoms with Crippen LogP contribution in [-0.4, -0.2) is 0 Å². The molecule has 0 fully saturated rings. The molecule has 3 heteroatoms. The summed E-state index contributed by atoms with van der Waals surface area (Å²) in [6, 6.07) is 7.21. The van der Waals surface area contributed by atoms with E-state index in [-0.39, 0.29) is 5.63 Å². The van der Waals surface area contributed by atoms with E-state index in [1.807, 2.05) is 12.1 Å². The fourth-order valence-corrected chi connectivity index (χ4v) is 2.22. The van der Waals surface area contributed by atoms with Crippen LogP contribution in [0.1, 0.15) is 38.2 Å². The molecule has 3 nitrogen and oxygen atoms in total. The first kappa shape index (κ1) is 12.7. The topological polar surface area (TPSA) is 56.2 Å². The van der Waals surface area contributed by atoms with Crippen LogP contribution in [-0.2, 0) is 6.42 Å². The Morgan fingerprint density at radius 1 is 1.22 bits per heavy atom. The number of fused-ring (bicyclic) bond motifs is 1. The average Bonchev–Trinajstić information content (AvgIpc) is 2.36. The first-order valence-electron chi connectivity index (χ1n) is 6.53. The lowest BCUT2D eigenvalue weighted by atomic mass is 10.0. The number of nitrogens with two attached hydrogens (primary N) is 1. The van der Waals surface area contributed by atoms with E-state index in [9.17, 15) is 4.79 Å². The molecule has 0 bridgehead atoms. The summed E-state index contributed by atoms with van der Waals surface area (Å²) in [5.74, 6) is 0.